The Labute approximate surface area is 269 Å². The molecule has 9 heteroatoms. The highest BCUT2D eigenvalue weighted by molar-refractivity contribution is 5.97. The van der Waals surface area contributed by atoms with Crippen molar-refractivity contribution in [1.82, 2.24) is 0 Å². The summed E-state index contributed by atoms with van der Waals surface area (Å²) in [5, 5.41) is 10.7. The number of aromatic hydroxyl groups is 1. The van der Waals surface area contributed by atoms with Crippen LogP contribution in [0.5, 0.6) is 11.5 Å². The van der Waals surface area contributed by atoms with E-state index in [-0.39, 0.29) is 29.0 Å². The van der Waals surface area contributed by atoms with Crippen molar-refractivity contribution in [1.29, 1.82) is 0 Å². The molecule has 0 saturated carbocycles. The van der Waals surface area contributed by atoms with Crippen LogP contribution in [0.2, 0.25) is 0 Å². The number of carbonyl (C=O) groups is 2. The van der Waals surface area contributed by atoms with E-state index in [1.165, 1.54) is 74.1 Å². The molecule has 0 amide bonds. The fraction of sp³-hybridized carbons (Fsp3) is 0.459. The van der Waals surface area contributed by atoms with Gasteiger partial charge in [-0.1, -0.05) is 81.8 Å². The van der Waals surface area contributed by atoms with Crippen molar-refractivity contribution in [2.24, 2.45) is 0 Å². The third kappa shape index (κ3) is 11.8. The first-order valence-electron chi connectivity index (χ1n) is 16.2. The Morgan fingerprint density at radius 2 is 1.50 bits per heavy atom. The van der Waals surface area contributed by atoms with Crippen LogP contribution in [-0.4, -0.2) is 42.5 Å². The van der Waals surface area contributed by atoms with Crippen molar-refractivity contribution < 1.29 is 42.1 Å². The quantitative estimate of drug-likeness (QED) is 0.0796. The molecule has 46 heavy (non-hydrogen) atoms. The Morgan fingerprint density at radius 1 is 0.804 bits per heavy atom. The van der Waals surface area contributed by atoms with Gasteiger partial charge in [0.1, 0.15) is 17.1 Å². The van der Waals surface area contributed by atoms with Crippen LogP contribution in [0.15, 0.2) is 66.7 Å². The highest BCUT2D eigenvalue weighted by atomic mass is 19.4. The Bertz CT molecular complexity index is 1370. The van der Waals surface area contributed by atoms with Crippen molar-refractivity contribution in [3.8, 4) is 22.6 Å². The summed E-state index contributed by atoms with van der Waals surface area (Å²) < 4.78 is 56.4. The van der Waals surface area contributed by atoms with Crippen LogP contribution in [0, 0.1) is 0 Å². The average Bonchev–Trinajstić information content (AvgIpc) is 3.03. The van der Waals surface area contributed by atoms with Crippen LogP contribution in [0.25, 0.3) is 11.1 Å². The molecule has 3 rings (SSSR count). The number of aryl methyl sites for hydroxylation is 1. The summed E-state index contributed by atoms with van der Waals surface area (Å²) in [5.74, 6) is -2.53. The molecule has 0 fully saturated rings. The van der Waals surface area contributed by atoms with E-state index in [2.05, 4.69) is 6.92 Å². The van der Waals surface area contributed by atoms with Gasteiger partial charge in [0.15, 0.2) is 6.10 Å². The summed E-state index contributed by atoms with van der Waals surface area (Å²) in [4.78, 5) is 25.8. The third-order valence-corrected chi connectivity index (χ3v) is 7.70. The average molecular weight is 643 g/mol. The maximum atomic E-state index is 13.7. The predicted molar refractivity (Wildman–Crippen MR) is 172 cm³/mol. The van der Waals surface area contributed by atoms with Crippen molar-refractivity contribution in [3.05, 3.63) is 83.4 Å². The second-order valence-electron chi connectivity index (χ2n) is 11.3. The summed E-state index contributed by atoms with van der Waals surface area (Å²) in [7, 11) is 0. The lowest BCUT2D eigenvalue weighted by atomic mass is 9.99. The van der Waals surface area contributed by atoms with Crippen LogP contribution in [0.1, 0.15) is 104 Å². The highest BCUT2D eigenvalue weighted by Crippen LogP contribution is 2.32. The van der Waals surface area contributed by atoms with E-state index in [4.69, 9.17) is 14.2 Å². The van der Waals surface area contributed by atoms with Crippen molar-refractivity contribution in [2.45, 2.75) is 96.8 Å². The van der Waals surface area contributed by atoms with Gasteiger partial charge < -0.3 is 19.3 Å². The number of phenols is 1. The molecule has 0 spiro atoms. The fourth-order valence-corrected chi connectivity index (χ4v) is 5.08. The normalized spacial score (nSPS) is 12.1. The molecule has 0 radical (unpaired) electrons. The van der Waals surface area contributed by atoms with Crippen LogP contribution in [0.3, 0.4) is 0 Å². The van der Waals surface area contributed by atoms with Gasteiger partial charge >= 0.3 is 18.1 Å². The number of rotatable bonds is 19. The second-order valence-corrected chi connectivity index (χ2v) is 11.3. The van der Waals surface area contributed by atoms with E-state index in [9.17, 15) is 27.9 Å². The van der Waals surface area contributed by atoms with E-state index in [0.29, 0.717) is 31.6 Å². The molecule has 0 aromatic heterocycles. The minimum atomic E-state index is -4.76. The lowest BCUT2D eigenvalue weighted by molar-refractivity contribution is -0.206. The molecular formula is C37H45F3O6. The number of carbonyl (C=O) groups excluding carboxylic acids is 2. The van der Waals surface area contributed by atoms with E-state index in [1.54, 1.807) is 6.07 Å². The lowest BCUT2D eigenvalue weighted by Crippen LogP contribution is -2.34. The zero-order chi connectivity index (χ0) is 33.4. The van der Waals surface area contributed by atoms with Gasteiger partial charge in [-0.2, -0.15) is 13.2 Å². The van der Waals surface area contributed by atoms with Crippen molar-refractivity contribution in [3.63, 3.8) is 0 Å². The number of hydrogen-bond acceptors (Lipinski definition) is 6. The largest absolute Gasteiger partial charge is 0.507 e. The number of benzene rings is 3. The Hall–Kier alpha value is -3.85. The smallest absolute Gasteiger partial charge is 0.425 e. The Morgan fingerprint density at radius 3 is 2.20 bits per heavy atom. The summed E-state index contributed by atoms with van der Waals surface area (Å²) in [6, 6.07) is 17.7. The van der Waals surface area contributed by atoms with Crippen LogP contribution >= 0.6 is 0 Å². The minimum absolute atomic E-state index is 0.00401. The standard InChI is InChI=1S/C37H45F3O6/c1-3-5-6-7-8-10-15-27-19-21-28(22-20-27)30-24-23-29(26-32(30)41)35(42)45-33-17-13-12-16-31(33)36(43)46-34(37(38,39)40)18-11-9-14-25-44-4-2/h12-13,16-17,19-24,26,34,41H,3-11,14-15,18,25H2,1-2H3. The number of ether oxygens (including phenoxy) is 3. The van der Waals surface area contributed by atoms with E-state index >= 15 is 0 Å². The lowest BCUT2D eigenvalue weighted by Gasteiger charge is -2.21. The molecule has 250 valence electrons. The number of unbranched alkanes of at least 4 members (excludes halogenated alkanes) is 7. The van der Waals surface area contributed by atoms with Gasteiger partial charge in [0.2, 0.25) is 0 Å². The number of alkyl halides is 3. The predicted octanol–water partition coefficient (Wildman–Crippen LogP) is 9.87. The van der Waals surface area contributed by atoms with E-state index in [0.717, 1.165) is 18.4 Å². The summed E-state index contributed by atoms with van der Waals surface area (Å²) in [6.07, 6.45) is 2.20. The molecule has 0 saturated heterocycles. The molecule has 0 aliphatic heterocycles. The molecule has 1 N–H and O–H groups in total. The van der Waals surface area contributed by atoms with Crippen molar-refractivity contribution >= 4 is 11.9 Å². The number of halogens is 3. The van der Waals surface area contributed by atoms with Gasteiger partial charge in [-0.25, -0.2) is 9.59 Å². The van der Waals surface area contributed by atoms with Gasteiger partial charge in [0, 0.05) is 18.8 Å². The number of esters is 2. The Kier molecular flexibility index (Phi) is 15.1. The number of hydrogen-bond donors (Lipinski definition) is 1. The second kappa shape index (κ2) is 19.0. The van der Waals surface area contributed by atoms with Crippen LogP contribution in [-0.2, 0) is 15.9 Å². The molecule has 0 aliphatic carbocycles. The van der Waals surface area contributed by atoms with E-state index in [1.807, 2.05) is 31.2 Å². The number of phenolic OH excluding ortho intramolecular Hbond substituents is 1. The topological polar surface area (TPSA) is 82.1 Å². The maximum absolute atomic E-state index is 13.7. The molecule has 0 heterocycles. The van der Waals surface area contributed by atoms with Gasteiger partial charge in [-0.3, -0.25) is 0 Å². The van der Waals surface area contributed by atoms with Gasteiger partial charge in [-0.05, 0) is 80.5 Å². The Balaban J connectivity index is 1.62. The van der Waals surface area contributed by atoms with Crippen LogP contribution in [0.4, 0.5) is 13.2 Å². The van der Waals surface area contributed by atoms with Gasteiger partial charge in [0.25, 0.3) is 0 Å². The molecular weight excluding hydrogens is 597 g/mol. The summed E-state index contributed by atoms with van der Waals surface area (Å²) >= 11 is 0. The van der Waals surface area contributed by atoms with Gasteiger partial charge in [-0.15, -0.1) is 0 Å². The number of para-hydroxylation sites is 1. The molecule has 1 atom stereocenters. The maximum Gasteiger partial charge on any atom is 0.425 e. The molecule has 3 aromatic rings. The first kappa shape index (κ1) is 36.6. The van der Waals surface area contributed by atoms with Crippen molar-refractivity contribution in [2.75, 3.05) is 13.2 Å². The minimum Gasteiger partial charge on any atom is -0.507 e. The molecule has 0 bridgehead atoms. The first-order valence-corrected chi connectivity index (χ1v) is 16.2. The third-order valence-electron chi connectivity index (χ3n) is 7.70. The SMILES string of the molecule is CCCCCCCCc1ccc(-c2ccc(C(=O)Oc3ccccc3C(=O)OC(CCCCCOCC)C(F)(F)F)cc2O)cc1. The monoisotopic (exact) mass is 642 g/mol. The van der Waals surface area contributed by atoms with Crippen LogP contribution < -0.4 is 4.74 Å². The molecule has 1 unspecified atom stereocenters. The fourth-order valence-electron chi connectivity index (χ4n) is 5.08. The molecule has 0 aliphatic rings. The van der Waals surface area contributed by atoms with E-state index < -0.39 is 30.6 Å². The molecule has 3 aromatic carbocycles. The highest BCUT2D eigenvalue weighted by Gasteiger charge is 2.42. The zero-order valence-corrected chi connectivity index (χ0v) is 26.7. The molecule has 6 nitrogen and oxygen atoms in total. The van der Waals surface area contributed by atoms with Gasteiger partial charge in [0.05, 0.1) is 5.56 Å². The zero-order valence-electron chi connectivity index (χ0n) is 26.7. The summed E-state index contributed by atoms with van der Waals surface area (Å²) in [5.41, 5.74) is 2.22. The first-order chi connectivity index (χ1) is 22.1. The summed E-state index contributed by atoms with van der Waals surface area (Å²) in [6.45, 7) is 5.03.